The molecule has 0 spiro atoms. The summed E-state index contributed by atoms with van der Waals surface area (Å²) in [7, 11) is 0. The van der Waals surface area contributed by atoms with Gasteiger partial charge in [0.25, 0.3) is 5.91 Å². The van der Waals surface area contributed by atoms with Crippen molar-refractivity contribution in [2.45, 2.75) is 0 Å². The first-order valence-electron chi connectivity index (χ1n) is 5.29. The summed E-state index contributed by atoms with van der Waals surface area (Å²) in [6.07, 6.45) is 0. The van der Waals surface area contributed by atoms with E-state index in [4.69, 9.17) is 5.73 Å². The van der Waals surface area contributed by atoms with Crippen molar-refractivity contribution in [1.82, 2.24) is 0 Å². The van der Waals surface area contributed by atoms with Gasteiger partial charge in [-0.3, -0.25) is 4.79 Å². The summed E-state index contributed by atoms with van der Waals surface area (Å²) < 4.78 is 26.5. The summed E-state index contributed by atoms with van der Waals surface area (Å²) in [5, 5.41) is 2.51. The Balaban J connectivity index is 2.26. The molecule has 19 heavy (non-hydrogen) atoms. The number of amides is 1. The third-order valence-electron chi connectivity index (χ3n) is 2.48. The zero-order chi connectivity index (χ0) is 14.0. The standard InChI is InChI=1S/C13H9BrF2N2O/c14-9-6-7(4-5-10(9)15)18-13(19)8-2-1-3-11(16)12(8)17/h1-6H,17H2,(H,18,19). The smallest absolute Gasteiger partial charge is 0.257 e. The summed E-state index contributed by atoms with van der Waals surface area (Å²) in [5.74, 6) is -1.66. The van der Waals surface area contributed by atoms with Crippen LogP contribution >= 0.6 is 15.9 Å². The van der Waals surface area contributed by atoms with Crippen molar-refractivity contribution >= 4 is 33.2 Å². The van der Waals surface area contributed by atoms with E-state index in [0.29, 0.717) is 5.69 Å². The highest BCUT2D eigenvalue weighted by Crippen LogP contribution is 2.22. The number of benzene rings is 2. The second kappa shape index (κ2) is 5.36. The molecule has 1 amide bonds. The molecular formula is C13H9BrF2N2O. The Bertz CT molecular complexity index is 647. The Kier molecular flexibility index (Phi) is 3.80. The normalized spacial score (nSPS) is 10.3. The molecule has 6 heteroatoms. The van der Waals surface area contributed by atoms with E-state index in [-0.39, 0.29) is 15.7 Å². The number of halogens is 3. The number of rotatable bonds is 2. The van der Waals surface area contributed by atoms with E-state index < -0.39 is 17.5 Å². The lowest BCUT2D eigenvalue weighted by Crippen LogP contribution is -2.14. The van der Waals surface area contributed by atoms with Crippen molar-refractivity contribution < 1.29 is 13.6 Å². The molecule has 2 aromatic carbocycles. The topological polar surface area (TPSA) is 55.1 Å². The van der Waals surface area contributed by atoms with E-state index in [1.54, 1.807) is 0 Å². The summed E-state index contributed by atoms with van der Waals surface area (Å²) >= 11 is 3.01. The highest BCUT2D eigenvalue weighted by molar-refractivity contribution is 9.10. The Morgan fingerprint density at radius 1 is 1.16 bits per heavy atom. The highest BCUT2D eigenvalue weighted by atomic mass is 79.9. The molecule has 0 unspecified atom stereocenters. The maximum Gasteiger partial charge on any atom is 0.257 e. The van der Waals surface area contributed by atoms with Gasteiger partial charge in [0.2, 0.25) is 0 Å². The number of carbonyl (C=O) groups is 1. The van der Waals surface area contributed by atoms with Crippen LogP contribution in [0.3, 0.4) is 0 Å². The molecule has 0 aliphatic carbocycles. The molecule has 0 saturated carbocycles. The number of carbonyl (C=O) groups excluding carboxylic acids is 1. The van der Waals surface area contributed by atoms with Crippen molar-refractivity contribution in [2.24, 2.45) is 0 Å². The van der Waals surface area contributed by atoms with Gasteiger partial charge in [-0.2, -0.15) is 0 Å². The fourth-order valence-corrected chi connectivity index (χ4v) is 1.89. The van der Waals surface area contributed by atoms with Crippen molar-refractivity contribution in [3.05, 3.63) is 58.1 Å². The fourth-order valence-electron chi connectivity index (χ4n) is 1.51. The van der Waals surface area contributed by atoms with Crippen molar-refractivity contribution in [3.8, 4) is 0 Å². The van der Waals surface area contributed by atoms with Crippen molar-refractivity contribution in [2.75, 3.05) is 11.1 Å². The lowest BCUT2D eigenvalue weighted by molar-refractivity contribution is 0.102. The molecule has 0 atom stereocenters. The summed E-state index contributed by atoms with van der Waals surface area (Å²) in [5.41, 5.74) is 5.67. The average molecular weight is 327 g/mol. The summed E-state index contributed by atoms with van der Waals surface area (Å²) in [6, 6.07) is 7.97. The number of para-hydroxylation sites is 1. The number of anilines is 2. The van der Waals surface area contributed by atoms with E-state index in [2.05, 4.69) is 21.2 Å². The molecule has 2 rings (SSSR count). The molecule has 3 nitrogen and oxygen atoms in total. The Hall–Kier alpha value is -1.95. The third kappa shape index (κ3) is 2.90. The molecule has 0 saturated heterocycles. The van der Waals surface area contributed by atoms with E-state index in [1.807, 2.05) is 0 Å². The van der Waals surface area contributed by atoms with Crippen LogP contribution in [0, 0.1) is 11.6 Å². The highest BCUT2D eigenvalue weighted by Gasteiger charge is 2.13. The minimum absolute atomic E-state index is 0.0282. The van der Waals surface area contributed by atoms with E-state index >= 15 is 0 Å². The van der Waals surface area contributed by atoms with Gasteiger partial charge in [0.15, 0.2) is 0 Å². The van der Waals surface area contributed by atoms with Crippen LogP contribution in [-0.2, 0) is 0 Å². The van der Waals surface area contributed by atoms with Gasteiger partial charge in [0, 0.05) is 5.69 Å². The number of nitrogens with two attached hydrogens (primary N) is 1. The number of hydrogen-bond acceptors (Lipinski definition) is 2. The maximum atomic E-state index is 13.2. The molecule has 0 aliphatic rings. The largest absolute Gasteiger partial charge is 0.396 e. The molecule has 0 heterocycles. The Labute approximate surface area is 116 Å². The van der Waals surface area contributed by atoms with Gasteiger partial charge in [0.05, 0.1) is 15.7 Å². The van der Waals surface area contributed by atoms with Gasteiger partial charge >= 0.3 is 0 Å². The first-order chi connectivity index (χ1) is 8.99. The molecule has 0 fully saturated rings. The first kappa shape index (κ1) is 13.5. The molecule has 98 valence electrons. The monoisotopic (exact) mass is 326 g/mol. The number of nitrogens with one attached hydrogen (secondary N) is 1. The molecule has 0 aliphatic heterocycles. The first-order valence-corrected chi connectivity index (χ1v) is 6.08. The van der Waals surface area contributed by atoms with E-state index in [9.17, 15) is 13.6 Å². The fraction of sp³-hybridized carbons (Fsp3) is 0. The van der Waals surface area contributed by atoms with Gasteiger partial charge in [0.1, 0.15) is 11.6 Å². The SMILES string of the molecule is Nc1c(F)cccc1C(=O)Nc1ccc(F)c(Br)c1. The predicted molar refractivity (Wildman–Crippen MR) is 72.9 cm³/mol. The number of nitrogen functional groups attached to an aromatic ring is 1. The van der Waals surface area contributed by atoms with Gasteiger partial charge in [-0.1, -0.05) is 6.07 Å². The van der Waals surface area contributed by atoms with Gasteiger partial charge < -0.3 is 11.1 Å². The Morgan fingerprint density at radius 2 is 1.89 bits per heavy atom. The second-order valence-corrected chi connectivity index (χ2v) is 4.64. The molecule has 3 N–H and O–H groups in total. The van der Waals surface area contributed by atoms with Crippen LogP contribution in [0.25, 0.3) is 0 Å². The number of hydrogen-bond donors (Lipinski definition) is 2. The minimum atomic E-state index is -0.659. The van der Waals surface area contributed by atoms with Crippen LogP contribution in [-0.4, -0.2) is 5.91 Å². The maximum absolute atomic E-state index is 13.2. The molecular weight excluding hydrogens is 318 g/mol. The summed E-state index contributed by atoms with van der Waals surface area (Å²) in [4.78, 5) is 11.9. The zero-order valence-electron chi connectivity index (χ0n) is 9.58. The Morgan fingerprint density at radius 3 is 2.58 bits per heavy atom. The summed E-state index contributed by atoms with van der Waals surface area (Å²) in [6.45, 7) is 0. The van der Waals surface area contributed by atoms with Crippen LogP contribution in [0.4, 0.5) is 20.2 Å². The van der Waals surface area contributed by atoms with Crippen LogP contribution in [0.1, 0.15) is 10.4 Å². The van der Waals surface area contributed by atoms with Crippen LogP contribution in [0.5, 0.6) is 0 Å². The van der Waals surface area contributed by atoms with E-state index in [0.717, 1.165) is 0 Å². The van der Waals surface area contributed by atoms with E-state index in [1.165, 1.54) is 36.4 Å². The molecule has 0 bridgehead atoms. The zero-order valence-corrected chi connectivity index (χ0v) is 11.2. The molecule has 2 aromatic rings. The van der Waals surface area contributed by atoms with Gasteiger partial charge in [-0.15, -0.1) is 0 Å². The average Bonchev–Trinajstić information content (AvgIpc) is 2.37. The predicted octanol–water partition coefficient (Wildman–Crippen LogP) is 3.56. The van der Waals surface area contributed by atoms with Crippen molar-refractivity contribution in [3.63, 3.8) is 0 Å². The van der Waals surface area contributed by atoms with Crippen LogP contribution in [0.2, 0.25) is 0 Å². The van der Waals surface area contributed by atoms with Crippen LogP contribution < -0.4 is 11.1 Å². The minimum Gasteiger partial charge on any atom is -0.396 e. The molecule has 0 aromatic heterocycles. The van der Waals surface area contributed by atoms with Crippen LogP contribution in [0.15, 0.2) is 40.9 Å². The third-order valence-corrected chi connectivity index (χ3v) is 3.08. The van der Waals surface area contributed by atoms with Crippen molar-refractivity contribution in [1.29, 1.82) is 0 Å². The van der Waals surface area contributed by atoms with Gasteiger partial charge in [-0.05, 0) is 46.3 Å². The lowest BCUT2D eigenvalue weighted by Gasteiger charge is -2.08. The lowest BCUT2D eigenvalue weighted by atomic mass is 10.1. The quantitative estimate of drug-likeness (QED) is 0.829. The molecule has 0 radical (unpaired) electrons. The second-order valence-electron chi connectivity index (χ2n) is 3.78. The van der Waals surface area contributed by atoms with Gasteiger partial charge in [-0.25, -0.2) is 8.78 Å².